The van der Waals surface area contributed by atoms with E-state index in [4.69, 9.17) is 0 Å². The van der Waals surface area contributed by atoms with Gasteiger partial charge in [0.05, 0.1) is 6.54 Å². The minimum Gasteiger partial charge on any atom is -0.356 e. The fraction of sp³-hybridized carbons (Fsp3) is 0.364. The minimum atomic E-state index is 0.414. The molecule has 88 valence electrons. The van der Waals surface area contributed by atoms with Crippen molar-refractivity contribution >= 4 is 11.9 Å². The number of pyridine rings is 1. The van der Waals surface area contributed by atoms with Crippen molar-refractivity contribution in [3.05, 3.63) is 30.1 Å². The Kier molecular flexibility index (Phi) is 2.40. The van der Waals surface area contributed by atoms with Crippen molar-refractivity contribution < 1.29 is 0 Å². The van der Waals surface area contributed by atoms with Crippen LogP contribution in [0.3, 0.4) is 0 Å². The van der Waals surface area contributed by atoms with Crippen LogP contribution in [0.25, 0.3) is 0 Å². The van der Waals surface area contributed by atoms with E-state index >= 15 is 0 Å². The molecule has 1 aliphatic heterocycles. The minimum absolute atomic E-state index is 0.414. The maximum Gasteiger partial charge on any atom is 0.243 e. The summed E-state index contributed by atoms with van der Waals surface area (Å²) in [7, 11) is 1.82. The molecule has 0 saturated heterocycles. The molecule has 0 saturated carbocycles. The monoisotopic (exact) mass is 230 g/mol. The third-order valence-electron chi connectivity index (χ3n) is 2.97. The van der Waals surface area contributed by atoms with Crippen molar-refractivity contribution in [2.45, 2.75) is 12.5 Å². The van der Waals surface area contributed by atoms with Crippen LogP contribution >= 0.6 is 0 Å². The summed E-state index contributed by atoms with van der Waals surface area (Å²) < 4.78 is 1.90. The van der Waals surface area contributed by atoms with E-state index in [0.717, 1.165) is 19.0 Å². The van der Waals surface area contributed by atoms with Gasteiger partial charge in [-0.15, -0.1) is 5.10 Å². The van der Waals surface area contributed by atoms with Crippen LogP contribution in [0.4, 0.5) is 11.9 Å². The number of aromatic nitrogens is 4. The van der Waals surface area contributed by atoms with Crippen LogP contribution in [0.2, 0.25) is 0 Å². The Balaban J connectivity index is 1.85. The number of rotatable bonds is 2. The van der Waals surface area contributed by atoms with Crippen molar-refractivity contribution in [2.24, 2.45) is 0 Å². The summed E-state index contributed by atoms with van der Waals surface area (Å²) in [6, 6.07) is 4.10. The standard InChI is InChI=1S/C11H14N6/c1-12-10-15-11-14-6-9(7-17(11)16-10)8-2-4-13-5-3-8/h2-5,9H,6-7H2,1H3,(H2,12,14,15,16). The predicted octanol–water partition coefficient (Wildman–Crippen LogP) is 0.924. The first-order chi connectivity index (χ1) is 8.36. The quantitative estimate of drug-likeness (QED) is 0.803. The van der Waals surface area contributed by atoms with E-state index in [9.17, 15) is 0 Å². The van der Waals surface area contributed by atoms with Crippen molar-refractivity contribution in [3.63, 3.8) is 0 Å². The van der Waals surface area contributed by atoms with E-state index in [2.05, 4.69) is 25.7 Å². The van der Waals surface area contributed by atoms with E-state index in [1.807, 2.05) is 36.3 Å². The Morgan fingerprint density at radius 3 is 3.00 bits per heavy atom. The number of nitrogens with one attached hydrogen (secondary N) is 2. The first kappa shape index (κ1) is 10.1. The van der Waals surface area contributed by atoms with Crippen molar-refractivity contribution in [3.8, 4) is 0 Å². The summed E-state index contributed by atoms with van der Waals surface area (Å²) >= 11 is 0. The molecule has 2 N–H and O–H groups in total. The van der Waals surface area contributed by atoms with Crippen LogP contribution in [0.15, 0.2) is 24.5 Å². The molecule has 6 heteroatoms. The highest BCUT2D eigenvalue weighted by Gasteiger charge is 2.21. The van der Waals surface area contributed by atoms with Gasteiger partial charge < -0.3 is 10.6 Å². The summed E-state index contributed by atoms with van der Waals surface area (Å²) in [5, 5.41) is 10.6. The molecule has 0 radical (unpaired) electrons. The highest BCUT2D eigenvalue weighted by Crippen LogP contribution is 2.24. The van der Waals surface area contributed by atoms with Crippen LogP contribution in [0.1, 0.15) is 11.5 Å². The summed E-state index contributed by atoms with van der Waals surface area (Å²) in [4.78, 5) is 8.35. The van der Waals surface area contributed by atoms with Gasteiger partial charge in [-0.05, 0) is 17.7 Å². The van der Waals surface area contributed by atoms with Crippen molar-refractivity contribution in [2.75, 3.05) is 24.2 Å². The average Bonchev–Trinajstić information content (AvgIpc) is 2.81. The molecular weight excluding hydrogens is 216 g/mol. The lowest BCUT2D eigenvalue weighted by Crippen LogP contribution is -2.26. The summed E-state index contributed by atoms with van der Waals surface area (Å²) in [5.74, 6) is 1.90. The lowest BCUT2D eigenvalue weighted by Gasteiger charge is -2.23. The van der Waals surface area contributed by atoms with E-state index in [1.54, 1.807) is 0 Å². The Hall–Kier alpha value is -2.11. The van der Waals surface area contributed by atoms with Crippen LogP contribution in [-0.4, -0.2) is 33.3 Å². The van der Waals surface area contributed by atoms with Crippen molar-refractivity contribution in [1.29, 1.82) is 0 Å². The lowest BCUT2D eigenvalue weighted by molar-refractivity contribution is 0.504. The Bertz CT molecular complexity index is 506. The van der Waals surface area contributed by atoms with E-state index in [-0.39, 0.29) is 0 Å². The average molecular weight is 230 g/mol. The third-order valence-corrected chi connectivity index (χ3v) is 2.97. The van der Waals surface area contributed by atoms with Crippen molar-refractivity contribution in [1.82, 2.24) is 19.7 Å². The van der Waals surface area contributed by atoms with E-state index < -0.39 is 0 Å². The number of fused-ring (bicyclic) bond motifs is 1. The number of hydrogen-bond donors (Lipinski definition) is 2. The molecule has 3 rings (SSSR count). The Labute approximate surface area is 99.1 Å². The molecule has 0 amide bonds. The molecule has 0 bridgehead atoms. The molecule has 1 aliphatic rings. The molecule has 0 fully saturated rings. The highest BCUT2D eigenvalue weighted by molar-refractivity contribution is 5.37. The zero-order valence-corrected chi connectivity index (χ0v) is 9.59. The number of hydrogen-bond acceptors (Lipinski definition) is 5. The predicted molar refractivity (Wildman–Crippen MR) is 65.0 cm³/mol. The Morgan fingerprint density at radius 1 is 1.41 bits per heavy atom. The first-order valence-corrected chi connectivity index (χ1v) is 5.63. The number of anilines is 2. The second-order valence-electron chi connectivity index (χ2n) is 4.05. The molecule has 1 atom stereocenters. The molecule has 0 aliphatic carbocycles. The molecule has 0 aromatic carbocycles. The topological polar surface area (TPSA) is 67.7 Å². The van der Waals surface area contributed by atoms with Crippen LogP contribution in [0.5, 0.6) is 0 Å². The van der Waals surface area contributed by atoms with Crippen LogP contribution in [0, 0.1) is 0 Å². The third kappa shape index (κ3) is 1.82. The van der Waals surface area contributed by atoms with Gasteiger partial charge in [-0.3, -0.25) is 4.98 Å². The summed E-state index contributed by atoms with van der Waals surface area (Å²) in [6.07, 6.45) is 3.65. The van der Waals surface area contributed by atoms with Gasteiger partial charge in [0.1, 0.15) is 0 Å². The van der Waals surface area contributed by atoms with E-state index in [1.165, 1.54) is 5.56 Å². The largest absolute Gasteiger partial charge is 0.356 e. The SMILES string of the molecule is CNc1nc2n(n1)CC(c1ccncc1)CN2. The van der Waals surface area contributed by atoms with E-state index in [0.29, 0.717) is 11.9 Å². The molecule has 3 heterocycles. The normalized spacial score (nSPS) is 18.3. The van der Waals surface area contributed by atoms with Gasteiger partial charge in [0.2, 0.25) is 11.9 Å². The van der Waals surface area contributed by atoms with Gasteiger partial charge in [0, 0.05) is 31.9 Å². The second-order valence-corrected chi connectivity index (χ2v) is 4.05. The zero-order chi connectivity index (χ0) is 11.7. The molecular formula is C11H14N6. The fourth-order valence-electron chi connectivity index (χ4n) is 2.05. The molecule has 6 nitrogen and oxygen atoms in total. The summed E-state index contributed by atoms with van der Waals surface area (Å²) in [6.45, 7) is 1.73. The first-order valence-electron chi connectivity index (χ1n) is 5.63. The van der Waals surface area contributed by atoms with Crippen LogP contribution < -0.4 is 10.6 Å². The fourth-order valence-corrected chi connectivity index (χ4v) is 2.05. The van der Waals surface area contributed by atoms with Gasteiger partial charge in [-0.2, -0.15) is 4.98 Å². The van der Waals surface area contributed by atoms with Gasteiger partial charge in [-0.1, -0.05) is 0 Å². The smallest absolute Gasteiger partial charge is 0.243 e. The van der Waals surface area contributed by atoms with Gasteiger partial charge in [-0.25, -0.2) is 4.68 Å². The molecule has 1 unspecified atom stereocenters. The molecule has 0 spiro atoms. The molecule has 2 aromatic rings. The Morgan fingerprint density at radius 2 is 2.24 bits per heavy atom. The van der Waals surface area contributed by atoms with Crippen LogP contribution in [-0.2, 0) is 6.54 Å². The van der Waals surface area contributed by atoms with Gasteiger partial charge >= 0.3 is 0 Å². The van der Waals surface area contributed by atoms with Gasteiger partial charge in [0.25, 0.3) is 0 Å². The summed E-state index contributed by atoms with van der Waals surface area (Å²) in [5.41, 5.74) is 1.28. The highest BCUT2D eigenvalue weighted by atomic mass is 15.4. The second kappa shape index (κ2) is 4.04. The molecule has 17 heavy (non-hydrogen) atoms. The number of nitrogens with zero attached hydrogens (tertiary/aromatic N) is 4. The zero-order valence-electron chi connectivity index (χ0n) is 9.59. The maximum absolute atomic E-state index is 4.36. The molecule has 2 aromatic heterocycles. The lowest BCUT2D eigenvalue weighted by atomic mass is 9.99. The maximum atomic E-state index is 4.36. The van der Waals surface area contributed by atoms with Gasteiger partial charge in [0.15, 0.2) is 0 Å².